The molecule has 6 nitrogen and oxygen atoms in total. The second-order valence-corrected chi connectivity index (χ2v) is 8.94. The Hall–Kier alpha value is -3.23. The number of carbonyl (C=O) groups is 1. The average molecular weight is 440 g/mol. The van der Waals surface area contributed by atoms with Gasteiger partial charge < -0.3 is 9.64 Å². The molecule has 0 unspecified atom stereocenters. The molecule has 160 valence electrons. The van der Waals surface area contributed by atoms with Crippen LogP contribution in [0.5, 0.6) is 5.75 Å². The summed E-state index contributed by atoms with van der Waals surface area (Å²) in [4.78, 5) is 14.7. The van der Waals surface area contributed by atoms with Gasteiger partial charge in [-0.25, -0.2) is 17.5 Å². The molecule has 0 aliphatic carbocycles. The summed E-state index contributed by atoms with van der Waals surface area (Å²) in [6.07, 6.45) is 0.735. The Bertz CT molecular complexity index is 1210. The third-order valence-electron chi connectivity index (χ3n) is 5.22. The predicted molar refractivity (Wildman–Crippen MR) is 115 cm³/mol. The van der Waals surface area contributed by atoms with Gasteiger partial charge in [0, 0.05) is 24.3 Å². The first-order chi connectivity index (χ1) is 14.9. The number of ether oxygens (including phenoxy) is 1. The van der Waals surface area contributed by atoms with Gasteiger partial charge in [0.25, 0.3) is 5.91 Å². The van der Waals surface area contributed by atoms with Crippen molar-refractivity contribution in [1.29, 1.82) is 0 Å². The molecule has 1 N–H and O–H groups in total. The first-order valence-electron chi connectivity index (χ1n) is 9.70. The zero-order valence-electron chi connectivity index (χ0n) is 16.8. The normalized spacial score (nSPS) is 13.2. The molecule has 1 heterocycles. The summed E-state index contributed by atoms with van der Waals surface area (Å²) in [5.41, 5.74) is 3.08. The van der Waals surface area contributed by atoms with E-state index in [1.807, 2.05) is 18.2 Å². The standard InChI is InChI=1S/C23H21FN2O4S/c1-30-20-8-4-18(5-9-20)23(27)26-13-12-17-3-2-16(14-22(17)26)15-25-31(28,29)21-10-6-19(24)7-11-21/h2-11,14,25H,12-13,15H2,1H3. The van der Waals surface area contributed by atoms with Crippen molar-refractivity contribution >= 4 is 21.6 Å². The maximum absolute atomic E-state index is 13.1. The minimum Gasteiger partial charge on any atom is -0.497 e. The van der Waals surface area contributed by atoms with Crippen LogP contribution in [0.3, 0.4) is 0 Å². The molecule has 1 amide bonds. The molecule has 3 aromatic rings. The highest BCUT2D eigenvalue weighted by atomic mass is 32.2. The van der Waals surface area contributed by atoms with E-state index in [-0.39, 0.29) is 17.3 Å². The molecule has 0 saturated carbocycles. The van der Waals surface area contributed by atoms with Crippen molar-refractivity contribution in [3.05, 3.63) is 89.2 Å². The van der Waals surface area contributed by atoms with Crippen LogP contribution < -0.4 is 14.4 Å². The van der Waals surface area contributed by atoms with Crippen LogP contribution in [-0.2, 0) is 23.0 Å². The minimum absolute atomic E-state index is 0.00799. The fraction of sp³-hybridized carbons (Fsp3) is 0.174. The number of nitrogens with one attached hydrogen (secondary N) is 1. The van der Waals surface area contributed by atoms with Gasteiger partial charge in [-0.3, -0.25) is 4.79 Å². The Morgan fingerprint density at radius 2 is 1.77 bits per heavy atom. The predicted octanol–water partition coefficient (Wildman–Crippen LogP) is 3.52. The Balaban J connectivity index is 1.51. The minimum atomic E-state index is -3.78. The van der Waals surface area contributed by atoms with Crippen LogP contribution in [-0.4, -0.2) is 28.0 Å². The molecule has 0 saturated heterocycles. The molecule has 0 fully saturated rings. The molecular weight excluding hydrogens is 419 g/mol. The number of hydrogen-bond donors (Lipinski definition) is 1. The first kappa shape index (κ1) is 21.0. The van der Waals surface area contributed by atoms with E-state index >= 15 is 0 Å². The number of sulfonamides is 1. The summed E-state index contributed by atoms with van der Waals surface area (Å²) < 4.78 is 45.6. The van der Waals surface area contributed by atoms with E-state index in [0.717, 1.165) is 35.4 Å². The van der Waals surface area contributed by atoms with E-state index in [1.54, 1.807) is 36.3 Å². The van der Waals surface area contributed by atoms with Gasteiger partial charge in [-0.1, -0.05) is 12.1 Å². The maximum atomic E-state index is 13.1. The number of benzene rings is 3. The van der Waals surface area contributed by atoms with Crippen LogP contribution in [0.25, 0.3) is 0 Å². The smallest absolute Gasteiger partial charge is 0.258 e. The molecule has 0 spiro atoms. The summed E-state index contributed by atoms with van der Waals surface area (Å²) in [5, 5.41) is 0. The lowest BCUT2D eigenvalue weighted by Gasteiger charge is -2.18. The summed E-state index contributed by atoms with van der Waals surface area (Å²) in [5.74, 6) is 0.0544. The number of anilines is 1. The number of fused-ring (bicyclic) bond motifs is 1. The van der Waals surface area contributed by atoms with E-state index in [0.29, 0.717) is 17.9 Å². The van der Waals surface area contributed by atoms with Crippen LogP contribution in [0.15, 0.2) is 71.6 Å². The fourth-order valence-corrected chi connectivity index (χ4v) is 4.53. The number of nitrogens with zero attached hydrogens (tertiary/aromatic N) is 1. The number of methoxy groups -OCH3 is 1. The first-order valence-corrected chi connectivity index (χ1v) is 11.2. The van der Waals surface area contributed by atoms with Gasteiger partial charge in [0.15, 0.2) is 0 Å². The van der Waals surface area contributed by atoms with Crippen molar-refractivity contribution in [2.75, 3.05) is 18.6 Å². The van der Waals surface area contributed by atoms with Gasteiger partial charge in [0.1, 0.15) is 11.6 Å². The van der Waals surface area contributed by atoms with Gasteiger partial charge >= 0.3 is 0 Å². The SMILES string of the molecule is COc1ccc(C(=O)N2CCc3ccc(CNS(=O)(=O)c4ccc(F)cc4)cc32)cc1. The highest BCUT2D eigenvalue weighted by Crippen LogP contribution is 2.31. The number of amides is 1. The lowest BCUT2D eigenvalue weighted by molar-refractivity contribution is 0.0989. The highest BCUT2D eigenvalue weighted by molar-refractivity contribution is 7.89. The van der Waals surface area contributed by atoms with Crippen molar-refractivity contribution in [3.63, 3.8) is 0 Å². The zero-order valence-corrected chi connectivity index (χ0v) is 17.7. The highest BCUT2D eigenvalue weighted by Gasteiger charge is 2.26. The second-order valence-electron chi connectivity index (χ2n) is 7.18. The van der Waals surface area contributed by atoms with Crippen molar-refractivity contribution in [1.82, 2.24) is 4.72 Å². The number of carbonyl (C=O) groups excluding carboxylic acids is 1. The molecule has 3 aromatic carbocycles. The maximum Gasteiger partial charge on any atom is 0.258 e. The Kier molecular flexibility index (Phi) is 5.75. The van der Waals surface area contributed by atoms with Crippen molar-refractivity contribution in [2.24, 2.45) is 0 Å². The zero-order chi connectivity index (χ0) is 22.0. The van der Waals surface area contributed by atoms with E-state index in [9.17, 15) is 17.6 Å². The molecule has 1 aliphatic rings. The van der Waals surface area contributed by atoms with Gasteiger partial charge in [-0.05, 0) is 72.1 Å². The second kappa shape index (κ2) is 8.49. The Labute approximate surface area is 180 Å². The monoisotopic (exact) mass is 440 g/mol. The Morgan fingerprint density at radius 3 is 2.45 bits per heavy atom. The third-order valence-corrected chi connectivity index (χ3v) is 6.63. The molecular formula is C23H21FN2O4S. The van der Waals surface area contributed by atoms with Crippen LogP contribution in [0.2, 0.25) is 0 Å². The molecule has 31 heavy (non-hydrogen) atoms. The van der Waals surface area contributed by atoms with Crippen molar-refractivity contribution in [3.8, 4) is 5.75 Å². The molecule has 1 aliphatic heterocycles. The lowest BCUT2D eigenvalue weighted by Crippen LogP contribution is -2.29. The topological polar surface area (TPSA) is 75.7 Å². The number of hydrogen-bond acceptors (Lipinski definition) is 4. The van der Waals surface area contributed by atoms with Crippen molar-refractivity contribution < 1.29 is 22.3 Å². The van der Waals surface area contributed by atoms with E-state index < -0.39 is 15.8 Å². The van der Waals surface area contributed by atoms with Crippen LogP contribution in [0, 0.1) is 5.82 Å². The van der Waals surface area contributed by atoms with Gasteiger partial charge in [-0.15, -0.1) is 0 Å². The molecule has 0 atom stereocenters. The van der Waals surface area contributed by atoms with Crippen LogP contribution in [0.4, 0.5) is 10.1 Å². The number of halogens is 1. The van der Waals surface area contributed by atoms with Crippen molar-refractivity contribution in [2.45, 2.75) is 17.9 Å². The fourth-order valence-electron chi connectivity index (χ4n) is 3.51. The van der Waals surface area contributed by atoms with Gasteiger partial charge in [0.2, 0.25) is 10.0 Å². The molecule has 0 radical (unpaired) electrons. The quantitative estimate of drug-likeness (QED) is 0.637. The Morgan fingerprint density at radius 1 is 1.06 bits per heavy atom. The summed E-state index contributed by atoms with van der Waals surface area (Å²) in [7, 11) is -2.21. The summed E-state index contributed by atoms with van der Waals surface area (Å²) >= 11 is 0. The molecule has 0 aromatic heterocycles. The molecule has 0 bridgehead atoms. The van der Waals surface area contributed by atoms with Gasteiger partial charge in [0.05, 0.1) is 12.0 Å². The molecule has 4 rings (SSSR count). The van der Waals surface area contributed by atoms with Gasteiger partial charge in [-0.2, -0.15) is 0 Å². The summed E-state index contributed by atoms with van der Waals surface area (Å²) in [6.45, 7) is 0.614. The molecule has 8 heteroatoms. The largest absolute Gasteiger partial charge is 0.497 e. The van der Waals surface area contributed by atoms with E-state index in [2.05, 4.69) is 4.72 Å². The van der Waals surface area contributed by atoms with Crippen LogP contribution in [0.1, 0.15) is 21.5 Å². The third kappa shape index (κ3) is 4.45. The van der Waals surface area contributed by atoms with E-state index in [1.165, 1.54) is 12.1 Å². The van der Waals surface area contributed by atoms with Crippen LogP contribution >= 0.6 is 0 Å². The van der Waals surface area contributed by atoms with E-state index in [4.69, 9.17) is 4.74 Å². The number of rotatable bonds is 6. The summed E-state index contributed by atoms with van der Waals surface area (Å²) in [6, 6.07) is 17.2. The average Bonchev–Trinajstić information content (AvgIpc) is 3.21. The lowest BCUT2D eigenvalue weighted by atomic mass is 10.1.